The van der Waals surface area contributed by atoms with Crippen LogP contribution >= 0.6 is 0 Å². The third-order valence-electron chi connectivity index (χ3n) is 2.85. The second kappa shape index (κ2) is 6.07. The molecule has 1 saturated heterocycles. The predicted octanol–water partition coefficient (Wildman–Crippen LogP) is 1.91. The van der Waals surface area contributed by atoms with E-state index in [1.54, 1.807) is 25.7 Å². The first-order valence-electron chi connectivity index (χ1n) is 6.62. The number of carbonyl (C=O) groups excluding carboxylic acids is 2. The van der Waals surface area contributed by atoms with Crippen molar-refractivity contribution in [2.24, 2.45) is 0 Å². The number of nitrogens with zero attached hydrogens (tertiary/aromatic N) is 1. The fourth-order valence-electron chi connectivity index (χ4n) is 2.00. The fourth-order valence-corrected chi connectivity index (χ4v) is 2.00. The van der Waals surface area contributed by atoms with Crippen molar-refractivity contribution in [1.82, 2.24) is 10.2 Å². The van der Waals surface area contributed by atoms with Crippen LogP contribution in [-0.4, -0.2) is 41.6 Å². The number of rotatable bonds is 2. The lowest BCUT2D eigenvalue weighted by Crippen LogP contribution is -2.48. The lowest BCUT2D eigenvalue weighted by Gasteiger charge is -2.25. The van der Waals surface area contributed by atoms with Gasteiger partial charge in [0.2, 0.25) is 5.91 Å². The highest BCUT2D eigenvalue weighted by molar-refractivity contribution is 5.85. The summed E-state index contributed by atoms with van der Waals surface area (Å²) in [5, 5.41) is 2.68. The van der Waals surface area contributed by atoms with Gasteiger partial charge in [-0.2, -0.15) is 0 Å². The summed E-state index contributed by atoms with van der Waals surface area (Å²) in [5.41, 5.74) is -0.539. The zero-order chi connectivity index (χ0) is 13.8. The molecule has 0 spiro atoms. The molecular formula is C13H24N2O3. The molecule has 0 aromatic rings. The average Bonchev–Trinajstić information content (AvgIpc) is 2.39. The number of alkyl carbamates (subject to hydrolysis) is 1. The van der Waals surface area contributed by atoms with E-state index in [1.807, 2.05) is 6.92 Å². The minimum absolute atomic E-state index is 0.000796. The van der Waals surface area contributed by atoms with Gasteiger partial charge in [-0.25, -0.2) is 4.79 Å². The van der Waals surface area contributed by atoms with Crippen LogP contribution in [0, 0.1) is 0 Å². The number of likely N-dealkylation sites (N-methyl/N-ethyl adjacent to an activating group) is 1. The minimum atomic E-state index is -0.539. The summed E-state index contributed by atoms with van der Waals surface area (Å²) in [4.78, 5) is 25.6. The van der Waals surface area contributed by atoms with Gasteiger partial charge in [0.05, 0.1) is 0 Å². The Morgan fingerprint density at radius 3 is 2.67 bits per heavy atom. The zero-order valence-corrected chi connectivity index (χ0v) is 11.8. The van der Waals surface area contributed by atoms with Crippen LogP contribution in [0.4, 0.5) is 4.79 Å². The molecule has 1 atom stereocenters. The SMILES string of the molecule is CCN1CCCC[C@H](NC(=O)OC(C)(C)C)C1=O. The molecule has 18 heavy (non-hydrogen) atoms. The summed E-state index contributed by atoms with van der Waals surface area (Å²) in [6.45, 7) is 8.83. The third kappa shape index (κ3) is 4.55. The first kappa shape index (κ1) is 14.8. The highest BCUT2D eigenvalue weighted by Gasteiger charge is 2.28. The molecule has 1 heterocycles. The Kier molecular flexibility index (Phi) is 4.99. The van der Waals surface area contributed by atoms with Crippen molar-refractivity contribution < 1.29 is 14.3 Å². The molecule has 5 nitrogen and oxygen atoms in total. The monoisotopic (exact) mass is 256 g/mol. The topological polar surface area (TPSA) is 58.6 Å². The largest absolute Gasteiger partial charge is 0.444 e. The minimum Gasteiger partial charge on any atom is -0.444 e. The lowest BCUT2D eigenvalue weighted by atomic mass is 10.1. The van der Waals surface area contributed by atoms with Crippen LogP contribution in [0.3, 0.4) is 0 Å². The average molecular weight is 256 g/mol. The van der Waals surface area contributed by atoms with Gasteiger partial charge < -0.3 is 15.0 Å². The summed E-state index contributed by atoms with van der Waals surface area (Å²) in [6.07, 6.45) is 2.11. The highest BCUT2D eigenvalue weighted by Crippen LogP contribution is 2.13. The molecule has 1 rings (SSSR count). The molecule has 0 radical (unpaired) electrons. The van der Waals surface area contributed by atoms with Crippen molar-refractivity contribution in [3.63, 3.8) is 0 Å². The number of ether oxygens (including phenoxy) is 1. The molecule has 1 N–H and O–H groups in total. The van der Waals surface area contributed by atoms with Crippen molar-refractivity contribution in [2.45, 2.75) is 58.6 Å². The van der Waals surface area contributed by atoms with Crippen molar-refractivity contribution in [1.29, 1.82) is 0 Å². The molecule has 0 bridgehead atoms. The molecule has 0 aromatic heterocycles. The molecule has 5 heteroatoms. The Labute approximate surface area is 109 Å². The first-order chi connectivity index (χ1) is 8.33. The number of hydrogen-bond acceptors (Lipinski definition) is 3. The van der Waals surface area contributed by atoms with Crippen LogP contribution in [-0.2, 0) is 9.53 Å². The number of amides is 2. The Hall–Kier alpha value is -1.26. The van der Waals surface area contributed by atoms with Gasteiger partial charge in [0.1, 0.15) is 11.6 Å². The van der Waals surface area contributed by atoms with Gasteiger partial charge >= 0.3 is 6.09 Å². The van der Waals surface area contributed by atoms with Gasteiger partial charge in [-0.1, -0.05) is 0 Å². The second-order valence-electron chi connectivity index (χ2n) is 5.61. The Morgan fingerprint density at radius 1 is 1.44 bits per heavy atom. The van der Waals surface area contributed by atoms with E-state index in [0.29, 0.717) is 13.0 Å². The summed E-state index contributed by atoms with van der Waals surface area (Å²) in [6, 6.07) is -0.442. The van der Waals surface area contributed by atoms with E-state index in [-0.39, 0.29) is 5.91 Å². The second-order valence-corrected chi connectivity index (χ2v) is 5.61. The van der Waals surface area contributed by atoms with E-state index >= 15 is 0 Å². The zero-order valence-electron chi connectivity index (χ0n) is 11.8. The maximum absolute atomic E-state index is 12.1. The maximum Gasteiger partial charge on any atom is 0.408 e. The van der Waals surface area contributed by atoms with E-state index in [2.05, 4.69) is 5.32 Å². The van der Waals surface area contributed by atoms with Crippen molar-refractivity contribution in [3.05, 3.63) is 0 Å². The summed E-state index contributed by atoms with van der Waals surface area (Å²) >= 11 is 0. The van der Waals surface area contributed by atoms with Gasteiger partial charge in [-0.05, 0) is 47.0 Å². The lowest BCUT2D eigenvalue weighted by molar-refractivity contribution is -0.132. The molecule has 1 aliphatic heterocycles. The Balaban J connectivity index is 2.58. The number of carbonyl (C=O) groups is 2. The first-order valence-corrected chi connectivity index (χ1v) is 6.62. The smallest absolute Gasteiger partial charge is 0.408 e. The molecule has 0 aromatic carbocycles. The van der Waals surface area contributed by atoms with Gasteiger partial charge in [0.25, 0.3) is 0 Å². The van der Waals surface area contributed by atoms with Gasteiger partial charge in [0, 0.05) is 13.1 Å². The van der Waals surface area contributed by atoms with E-state index in [0.717, 1.165) is 19.4 Å². The molecule has 1 fully saturated rings. The standard InChI is InChI=1S/C13H24N2O3/c1-5-15-9-7-6-8-10(11(15)16)14-12(17)18-13(2,3)4/h10H,5-9H2,1-4H3,(H,14,17)/t10-/m0/s1. The van der Waals surface area contributed by atoms with Gasteiger partial charge in [-0.15, -0.1) is 0 Å². The van der Waals surface area contributed by atoms with Crippen LogP contribution < -0.4 is 5.32 Å². The predicted molar refractivity (Wildman–Crippen MR) is 69.3 cm³/mol. The van der Waals surface area contributed by atoms with Crippen molar-refractivity contribution in [2.75, 3.05) is 13.1 Å². The van der Waals surface area contributed by atoms with Crippen LogP contribution in [0.2, 0.25) is 0 Å². The summed E-state index contributed by atoms with van der Waals surface area (Å²) < 4.78 is 5.18. The van der Waals surface area contributed by atoms with E-state index < -0.39 is 17.7 Å². The molecule has 1 aliphatic rings. The Morgan fingerprint density at radius 2 is 2.11 bits per heavy atom. The van der Waals surface area contributed by atoms with Crippen LogP contribution in [0.1, 0.15) is 47.0 Å². The quantitative estimate of drug-likeness (QED) is 0.821. The normalized spacial score (nSPS) is 21.4. The van der Waals surface area contributed by atoms with E-state index in [9.17, 15) is 9.59 Å². The van der Waals surface area contributed by atoms with Crippen LogP contribution in [0.25, 0.3) is 0 Å². The fraction of sp³-hybridized carbons (Fsp3) is 0.846. The molecular weight excluding hydrogens is 232 g/mol. The highest BCUT2D eigenvalue weighted by atomic mass is 16.6. The van der Waals surface area contributed by atoms with Gasteiger partial charge in [-0.3, -0.25) is 4.79 Å². The third-order valence-corrected chi connectivity index (χ3v) is 2.85. The van der Waals surface area contributed by atoms with E-state index in [1.165, 1.54) is 0 Å². The molecule has 0 saturated carbocycles. The summed E-state index contributed by atoms with van der Waals surface area (Å²) in [7, 11) is 0. The van der Waals surface area contributed by atoms with Crippen molar-refractivity contribution in [3.8, 4) is 0 Å². The molecule has 0 aliphatic carbocycles. The maximum atomic E-state index is 12.1. The molecule has 2 amide bonds. The molecule has 104 valence electrons. The Bertz CT molecular complexity index is 310. The van der Waals surface area contributed by atoms with Crippen LogP contribution in [0.5, 0.6) is 0 Å². The van der Waals surface area contributed by atoms with E-state index in [4.69, 9.17) is 4.74 Å². The van der Waals surface area contributed by atoms with Crippen LogP contribution in [0.15, 0.2) is 0 Å². The number of hydrogen-bond donors (Lipinski definition) is 1. The number of nitrogens with one attached hydrogen (secondary N) is 1. The molecule has 0 unspecified atom stereocenters. The van der Waals surface area contributed by atoms with Gasteiger partial charge in [0.15, 0.2) is 0 Å². The van der Waals surface area contributed by atoms with Crippen molar-refractivity contribution >= 4 is 12.0 Å². The summed E-state index contributed by atoms with van der Waals surface area (Å²) in [5.74, 6) is 0.000796. The number of likely N-dealkylation sites (tertiary alicyclic amines) is 1.